The first-order valence-electron chi connectivity index (χ1n) is 3.78. The molecule has 1 rings (SSSR count). The molecule has 0 aromatic heterocycles. The summed E-state index contributed by atoms with van der Waals surface area (Å²) in [6.07, 6.45) is 5.27. The summed E-state index contributed by atoms with van der Waals surface area (Å²) in [5.74, 6) is 0. The molecule has 1 saturated heterocycles. The third-order valence-corrected chi connectivity index (χ3v) is 2.42. The molecule has 0 bridgehead atoms. The van der Waals surface area contributed by atoms with Gasteiger partial charge in [0.25, 0.3) is 0 Å². The zero-order valence-corrected chi connectivity index (χ0v) is 11.4. The van der Waals surface area contributed by atoms with Gasteiger partial charge in [-0.3, -0.25) is 0 Å². The number of likely N-dealkylation sites (tertiary alicyclic amines) is 1. The van der Waals surface area contributed by atoms with Crippen LogP contribution in [0.4, 0.5) is 0 Å². The molecule has 11 heavy (non-hydrogen) atoms. The maximum atomic E-state index is 4.97. The fourth-order valence-corrected chi connectivity index (χ4v) is 1.64. The maximum absolute atomic E-state index is 4.97. The average molecular weight is 241 g/mol. The van der Waals surface area contributed by atoms with Crippen molar-refractivity contribution < 1.29 is 19.5 Å². The zero-order chi connectivity index (χ0) is 7.40. The maximum Gasteiger partial charge on any atom is 2.00 e. The van der Waals surface area contributed by atoms with Crippen LogP contribution in [-0.4, -0.2) is 22.3 Å². The first kappa shape index (κ1) is 11.9. The molecule has 1 nitrogen and oxygen atoms in total. The Kier molecular flexibility index (Phi) is 6.89. The number of hydrogen-bond acceptors (Lipinski definition) is 1. The van der Waals surface area contributed by atoms with Crippen molar-refractivity contribution in [3.63, 3.8) is 0 Å². The van der Waals surface area contributed by atoms with Crippen LogP contribution in [0.25, 0.3) is 0 Å². The van der Waals surface area contributed by atoms with Crippen molar-refractivity contribution in [2.24, 2.45) is 0 Å². The molecule has 0 spiro atoms. The van der Waals surface area contributed by atoms with Gasteiger partial charge in [0.05, 0.1) is 0 Å². The largest absolute Gasteiger partial charge is 2.00 e. The first-order chi connectivity index (χ1) is 4.80. The third-order valence-electron chi connectivity index (χ3n) is 1.88. The van der Waals surface area contributed by atoms with Crippen molar-refractivity contribution in [1.82, 2.24) is 4.90 Å². The number of thiol groups is 1. The molecule has 58 valence electrons. The number of hydrogen-bond donors (Lipinski definition) is 1. The summed E-state index contributed by atoms with van der Waals surface area (Å²) < 4.78 is 0.766. The van der Waals surface area contributed by atoms with Crippen molar-refractivity contribution >= 4 is 29.2 Å². The van der Waals surface area contributed by atoms with E-state index in [1.807, 2.05) is 0 Å². The molecule has 0 N–H and O–H groups in total. The first-order valence-corrected chi connectivity index (χ1v) is 4.64. The van der Waals surface area contributed by atoms with Crippen LogP contribution < -0.4 is 0 Å². The second-order valence-electron chi connectivity index (χ2n) is 2.68. The van der Waals surface area contributed by atoms with E-state index < -0.39 is 0 Å². The number of thiocarbonyl (C=S) groups is 1. The van der Waals surface area contributed by atoms with Crippen molar-refractivity contribution in [2.75, 3.05) is 13.1 Å². The molecule has 1 aliphatic heterocycles. The number of rotatable bonds is 0. The topological polar surface area (TPSA) is 3.24 Å². The van der Waals surface area contributed by atoms with E-state index in [0.717, 1.165) is 17.4 Å². The van der Waals surface area contributed by atoms with E-state index in [2.05, 4.69) is 17.5 Å². The van der Waals surface area contributed by atoms with Crippen LogP contribution in [-0.2, 0) is 19.5 Å². The molecule has 0 unspecified atom stereocenters. The Hall–Kier alpha value is 0.863. The molecule has 0 aliphatic carbocycles. The molecule has 1 aliphatic rings. The number of nitrogens with zero attached hydrogens (tertiary/aromatic N) is 1. The fourth-order valence-electron chi connectivity index (χ4n) is 1.26. The van der Waals surface area contributed by atoms with Crippen LogP contribution in [0.2, 0.25) is 0 Å². The van der Waals surface area contributed by atoms with E-state index in [1.54, 1.807) is 0 Å². The van der Waals surface area contributed by atoms with Gasteiger partial charge in [-0.15, -0.1) is 12.6 Å². The SMILES string of the molecule is S=C(S)N1CCCCCC1.[Zn+2]. The van der Waals surface area contributed by atoms with Crippen LogP contribution in [0.15, 0.2) is 0 Å². The van der Waals surface area contributed by atoms with Gasteiger partial charge in [0.15, 0.2) is 0 Å². The standard InChI is InChI=1S/C7H13NS2.Zn/c9-7(10)8-5-3-1-2-4-6-8;/h1-6H2,(H,9,10);/q;+2. The Balaban J connectivity index is 0.000001000. The van der Waals surface area contributed by atoms with E-state index in [0.29, 0.717) is 0 Å². The monoisotopic (exact) mass is 239 g/mol. The Morgan fingerprint density at radius 3 is 1.91 bits per heavy atom. The van der Waals surface area contributed by atoms with E-state index in [1.165, 1.54) is 25.7 Å². The Morgan fingerprint density at radius 1 is 1.09 bits per heavy atom. The summed E-state index contributed by atoms with van der Waals surface area (Å²) in [4.78, 5) is 2.19. The molecule has 0 amide bonds. The minimum absolute atomic E-state index is 0. The predicted octanol–water partition coefficient (Wildman–Crippen LogP) is 2.07. The van der Waals surface area contributed by atoms with Gasteiger partial charge in [-0.25, -0.2) is 0 Å². The van der Waals surface area contributed by atoms with Gasteiger partial charge >= 0.3 is 19.5 Å². The van der Waals surface area contributed by atoms with Crippen molar-refractivity contribution in [2.45, 2.75) is 25.7 Å². The molecular weight excluding hydrogens is 228 g/mol. The van der Waals surface area contributed by atoms with E-state index in [4.69, 9.17) is 12.2 Å². The summed E-state index contributed by atoms with van der Waals surface area (Å²) in [5.41, 5.74) is 0. The summed E-state index contributed by atoms with van der Waals surface area (Å²) in [6.45, 7) is 2.23. The van der Waals surface area contributed by atoms with Gasteiger partial charge in [-0.2, -0.15) is 0 Å². The van der Waals surface area contributed by atoms with Crippen LogP contribution in [0.1, 0.15) is 25.7 Å². The Labute approximate surface area is 92.1 Å². The predicted molar refractivity (Wildman–Crippen MR) is 51.6 cm³/mol. The van der Waals surface area contributed by atoms with Crippen molar-refractivity contribution in [3.05, 3.63) is 0 Å². The molecule has 0 aromatic carbocycles. The third kappa shape index (κ3) is 4.44. The van der Waals surface area contributed by atoms with E-state index in [9.17, 15) is 0 Å². The van der Waals surface area contributed by atoms with Crippen LogP contribution >= 0.6 is 24.8 Å². The molecule has 1 fully saturated rings. The van der Waals surface area contributed by atoms with Gasteiger partial charge in [-0.05, 0) is 12.8 Å². The van der Waals surface area contributed by atoms with Gasteiger partial charge < -0.3 is 4.90 Å². The van der Waals surface area contributed by atoms with Gasteiger partial charge in [-0.1, -0.05) is 25.1 Å². The van der Waals surface area contributed by atoms with Gasteiger partial charge in [0, 0.05) is 13.1 Å². The minimum atomic E-state index is 0. The summed E-state index contributed by atoms with van der Waals surface area (Å²) in [7, 11) is 0. The molecule has 4 heteroatoms. The molecule has 1 heterocycles. The summed E-state index contributed by atoms with van der Waals surface area (Å²) >= 11 is 9.11. The normalized spacial score (nSPS) is 18.5. The van der Waals surface area contributed by atoms with Gasteiger partial charge in [0.2, 0.25) is 0 Å². The molecular formula is C7H13NS2Zn+2. The van der Waals surface area contributed by atoms with Gasteiger partial charge in [0.1, 0.15) is 4.32 Å². The molecule has 0 saturated carbocycles. The summed E-state index contributed by atoms with van der Waals surface area (Å²) in [6, 6.07) is 0. The van der Waals surface area contributed by atoms with Crippen LogP contribution in [0.5, 0.6) is 0 Å². The average Bonchev–Trinajstić information content (AvgIpc) is 2.12. The van der Waals surface area contributed by atoms with Crippen LogP contribution in [0, 0.1) is 0 Å². The molecule has 0 radical (unpaired) electrons. The smallest absolute Gasteiger partial charge is 0.358 e. The second kappa shape index (κ2) is 6.39. The van der Waals surface area contributed by atoms with Crippen LogP contribution in [0.3, 0.4) is 0 Å². The second-order valence-corrected chi connectivity index (χ2v) is 3.80. The Bertz CT molecular complexity index is 122. The van der Waals surface area contributed by atoms with Crippen molar-refractivity contribution in [3.8, 4) is 0 Å². The Morgan fingerprint density at radius 2 is 1.55 bits per heavy atom. The zero-order valence-electron chi connectivity index (χ0n) is 6.75. The molecule has 0 atom stereocenters. The minimum Gasteiger partial charge on any atom is -0.358 e. The van der Waals surface area contributed by atoms with E-state index in [-0.39, 0.29) is 19.5 Å². The van der Waals surface area contributed by atoms with Crippen molar-refractivity contribution in [1.29, 1.82) is 0 Å². The summed E-state index contributed by atoms with van der Waals surface area (Å²) in [5, 5.41) is 0. The van der Waals surface area contributed by atoms with E-state index >= 15 is 0 Å². The molecule has 0 aromatic rings. The quantitative estimate of drug-likeness (QED) is 0.392. The fraction of sp³-hybridized carbons (Fsp3) is 0.857.